The predicted molar refractivity (Wildman–Crippen MR) is 89.1 cm³/mol. The molecule has 0 unspecified atom stereocenters. The van der Waals surface area contributed by atoms with Gasteiger partial charge in [0.25, 0.3) is 0 Å². The van der Waals surface area contributed by atoms with E-state index in [1.54, 1.807) is 0 Å². The number of para-hydroxylation sites is 1. The Hall–Kier alpha value is -1.83. The van der Waals surface area contributed by atoms with Crippen LogP contribution in [0.3, 0.4) is 0 Å². The second kappa shape index (κ2) is 7.09. The summed E-state index contributed by atoms with van der Waals surface area (Å²) in [5.41, 5.74) is 2.22. The highest BCUT2D eigenvalue weighted by molar-refractivity contribution is 5.84. The van der Waals surface area contributed by atoms with Crippen molar-refractivity contribution in [3.63, 3.8) is 0 Å². The van der Waals surface area contributed by atoms with E-state index < -0.39 is 0 Å². The molecule has 0 aliphatic carbocycles. The number of pyridine rings is 1. The molecular weight excluding hydrogens is 244 g/mol. The van der Waals surface area contributed by atoms with Crippen LogP contribution in [-0.4, -0.2) is 11.0 Å². The molecule has 2 rings (SSSR count). The summed E-state index contributed by atoms with van der Waals surface area (Å²) in [6.07, 6.45) is 8.05. The molecule has 0 bridgehead atoms. The van der Waals surface area contributed by atoms with Crippen molar-refractivity contribution in [2.24, 2.45) is 0 Å². The number of nitrogens with zero attached hydrogens (tertiary/aromatic N) is 1. The molecule has 0 spiro atoms. The Morgan fingerprint density at radius 1 is 1.25 bits per heavy atom. The average molecular weight is 268 g/mol. The van der Waals surface area contributed by atoms with Crippen molar-refractivity contribution >= 4 is 22.8 Å². The number of unbranched alkanes of at least 4 members (excludes halogenated alkanes) is 2. The van der Waals surface area contributed by atoms with Gasteiger partial charge in [0.15, 0.2) is 0 Å². The highest BCUT2D eigenvalue weighted by Gasteiger charge is 2.05. The van der Waals surface area contributed by atoms with E-state index in [1.165, 1.54) is 23.8 Å². The van der Waals surface area contributed by atoms with Gasteiger partial charge >= 0.3 is 0 Å². The van der Waals surface area contributed by atoms with Crippen molar-refractivity contribution in [1.29, 1.82) is 0 Å². The van der Waals surface area contributed by atoms with Crippen LogP contribution in [0, 0.1) is 0 Å². The number of allylic oxidation sites excluding steroid dienone is 1. The fourth-order valence-electron chi connectivity index (χ4n) is 2.18. The first-order valence-electron chi connectivity index (χ1n) is 7.53. The van der Waals surface area contributed by atoms with E-state index >= 15 is 0 Å². The minimum absolute atomic E-state index is 0.381. The summed E-state index contributed by atoms with van der Waals surface area (Å²) in [5, 5.41) is 4.64. The standard InChI is InChI=1S/C18H24N2/c1-4-5-6-7-11-16-13-15-10-8-9-12-17(15)20-18(16)19-14(2)3/h7-14H,4-6H2,1-3H3,(H,19,20)/b11-7-. The number of hydrogen-bond donors (Lipinski definition) is 1. The van der Waals surface area contributed by atoms with Gasteiger partial charge in [0.1, 0.15) is 5.82 Å². The van der Waals surface area contributed by atoms with Gasteiger partial charge in [0.2, 0.25) is 0 Å². The lowest BCUT2D eigenvalue weighted by atomic mass is 10.1. The summed E-state index contributed by atoms with van der Waals surface area (Å²) in [6, 6.07) is 10.9. The van der Waals surface area contributed by atoms with Crippen molar-refractivity contribution < 1.29 is 0 Å². The zero-order valence-corrected chi connectivity index (χ0v) is 12.7. The lowest BCUT2D eigenvalue weighted by Gasteiger charge is -2.13. The molecule has 1 aromatic heterocycles. The SMILES string of the molecule is CCCC/C=C\c1cc2ccccc2nc1NC(C)C. The quantitative estimate of drug-likeness (QED) is 0.723. The van der Waals surface area contributed by atoms with Crippen LogP contribution in [0.25, 0.3) is 17.0 Å². The maximum Gasteiger partial charge on any atom is 0.134 e. The van der Waals surface area contributed by atoms with Gasteiger partial charge in [-0.3, -0.25) is 0 Å². The molecule has 1 heterocycles. The van der Waals surface area contributed by atoms with Gasteiger partial charge < -0.3 is 5.32 Å². The van der Waals surface area contributed by atoms with Gasteiger partial charge in [-0.05, 0) is 32.4 Å². The minimum atomic E-state index is 0.381. The number of hydrogen-bond acceptors (Lipinski definition) is 2. The zero-order chi connectivity index (χ0) is 14.4. The zero-order valence-electron chi connectivity index (χ0n) is 12.7. The Kier molecular flexibility index (Phi) is 5.16. The minimum Gasteiger partial charge on any atom is -0.367 e. The summed E-state index contributed by atoms with van der Waals surface area (Å²) >= 11 is 0. The van der Waals surface area contributed by atoms with Crippen LogP contribution in [0.1, 0.15) is 45.6 Å². The van der Waals surface area contributed by atoms with Crippen molar-refractivity contribution in [1.82, 2.24) is 4.98 Å². The Bertz CT molecular complexity index is 585. The maximum atomic E-state index is 4.75. The largest absolute Gasteiger partial charge is 0.367 e. The van der Waals surface area contributed by atoms with Crippen molar-refractivity contribution in [2.75, 3.05) is 5.32 Å². The first-order chi connectivity index (χ1) is 9.70. The molecule has 2 heteroatoms. The number of benzene rings is 1. The van der Waals surface area contributed by atoms with Gasteiger partial charge in [0.05, 0.1) is 5.52 Å². The number of aromatic nitrogens is 1. The molecule has 1 N–H and O–H groups in total. The van der Waals surface area contributed by atoms with E-state index in [4.69, 9.17) is 4.98 Å². The van der Waals surface area contributed by atoms with E-state index in [0.717, 1.165) is 17.8 Å². The molecule has 0 saturated heterocycles. The monoisotopic (exact) mass is 268 g/mol. The van der Waals surface area contributed by atoms with E-state index in [-0.39, 0.29) is 0 Å². The fraction of sp³-hybridized carbons (Fsp3) is 0.389. The molecule has 0 radical (unpaired) electrons. The Balaban J connectivity index is 2.35. The highest BCUT2D eigenvalue weighted by atomic mass is 15.0. The number of nitrogens with one attached hydrogen (secondary N) is 1. The Morgan fingerprint density at radius 2 is 2.05 bits per heavy atom. The van der Waals surface area contributed by atoms with E-state index in [9.17, 15) is 0 Å². The van der Waals surface area contributed by atoms with Crippen molar-refractivity contribution in [2.45, 2.75) is 46.1 Å². The van der Waals surface area contributed by atoms with Gasteiger partial charge in [0, 0.05) is 17.0 Å². The smallest absolute Gasteiger partial charge is 0.134 e. The van der Waals surface area contributed by atoms with Gasteiger partial charge in [-0.15, -0.1) is 0 Å². The summed E-state index contributed by atoms with van der Waals surface area (Å²) in [5.74, 6) is 0.978. The number of anilines is 1. The molecule has 1 aromatic carbocycles. The summed E-state index contributed by atoms with van der Waals surface area (Å²) in [6.45, 7) is 6.50. The molecule has 2 nitrogen and oxygen atoms in total. The normalized spacial score (nSPS) is 11.6. The molecule has 0 saturated carbocycles. The molecule has 0 aliphatic heterocycles. The molecule has 0 atom stereocenters. The van der Waals surface area contributed by atoms with Crippen LogP contribution in [0.15, 0.2) is 36.4 Å². The third kappa shape index (κ3) is 3.83. The van der Waals surface area contributed by atoms with Crippen LogP contribution < -0.4 is 5.32 Å². The van der Waals surface area contributed by atoms with Crippen molar-refractivity contribution in [3.8, 4) is 0 Å². The topological polar surface area (TPSA) is 24.9 Å². The molecule has 2 aromatic rings. The molecule has 20 heavy (non-hydrogen) atoms. The van der Waals surface area contributed by atoms with Crippen LogP contribution in [-0.2, 0) is 0 Å². The number of fused-ring (bicyclic) bond motifs is 1. The summed E-state index contributed by atoms with van der Waals surface area (Å²) in [7, 11) is 0. The lowest BCUT2D eigenvalue weighted by molar-refractivity contribution is 0.816. The van der Waals surface area contributed by atoms with Gasteiger partial charge in [-0.2, -0.15) is 0 Å². The van der Waals surface area contributed by atoms with E-state index in [2.05, 4.69) is 62.5 Å². The fourth-order valence-corrected chi connectivity index (χ4v) is 2.18. The Morgan fingerprint density at radius 3 is 2.80 bits per heavy atom. The summed E-state index contributed by atoms with van der Waals surface area (Å²) in [4.78, 5) is 4.75. The van der Waals surface area contributed by atoms with Crippen molar-refractivity contribution in [3.05, 3.63) is 42.0 Å². The molecular formula is C18H24N2. The van der Waals surface area contributed by atoms with Crippen LogP contribution in [0.4, 0.5) is 5.82 Å². The maximum absolute atomic E-state index is 4.75. The Labute approximate surface area is 121 Å². The number of rotatable bonds is 6. The van der Waals surface area contributed by atoms with Crippen LogP contribution in [0.2, 0.25) is 0 Å². The lowest BCUT2D eigenvalue weighted by Crippen LogP contribution is -2.12. The third-order valence-electron chi connectivity index (χ3n) is 3.20. The molecule has 0 fully saturated rings. The highest BCUT2D eigenvalue weighted by Crippen LogP contribution is 2.22. The molecule has 106 valence electrons. The van der Waals surface area contributed by atoms with Crippen LogP contribution in [0.5, 0.6) is 0 Å². The van der Waals surface area contributed by atoms with E-state index in [0.29, 0.717) is 6.04 Å². The van der Waals surface area contributed by atoms with E-state index in [1.807, 2.05) is 6.07 Å². The summed E-state index contributed by atoms with van der Waals surface area (Å²) < 4.78 is 0. The molecule has 0 aliphatic rings. The average Bonchev–Trinajstić information content (AvgIpc) is 2.43. The van der Waals surface area contributed by atoms with Gasteiger partial charge in [-0.1, -0.05) is 50.1 Å². The first kappa shape index (κ1) is 14.6. The molecule has 0 amide bonds. The third-order valence-corrected chi connectivity index (χ3v) is 3.20. The second-order valence-corrected chi connectivity index (χ2v) is 5.46. The predicted octanol–water partition coefficient (Wildman–Crippen LogP) is 5.26. The second-order valence-electron chi connectivity index (χ2n) is 5.46. The van der Waals surface area contributed by atoms with Crippen LogP contribution >= 0.6 is 0 Å². The van der Waals surface area contributed by atoms with Gasteiger partial charge in [-0.25, -0.2) is 4.98 Å². The first-order valence-corrected chi connectivity index (χ1v) is 7.53.